The molecular formula is C12H10ClNO2. The van der Waals surface area contributed by atoms with Crippen LogP contribution in [0, 0.1) is 0 Å². The Hall–Kier alpha value is -1.61. The number of halogens is 1. The van der Waals surface area contributed by atoms with Gasteiger partial charge in [0.15, 0.2) is 5.78 Å². The normalized spacial score (nSPS) is 10.4. The second-order valence-corrected chi connectivity index (χ2v) is 3.89. The van der Waals surface area contributed by atoms with E-state index in [0.29, 0.717) is 16.3 Å². The van der Waals surface area contributed by atoms with Crippen molar-refractivity contribution >= 4 is 28.3 Å². The van der Waals surface area contributed by atoms with E-state index < -0.39 is 0 Å². The fourth-order valence-electron chi connectivity index (χ4n) is 1.57. The van der Waals surface area contributed by atoms with E-state index in [1.807, 2.05) is 0 Å². The second-order valence-electron chi connectivity index (χ2n) is 3.45. The van der Waals surface area contributed by atoms with Gasteiger partial charge in [-0.3, -0.25) is 9.78 Å². The Bertz CT molecular complexity index is 566. The smallest absolute Gasteiger partial charge is 0.163 e. The van der Waals surface area contributed by atoms with Crippen LogP contribution in [0.1, 0.15) is 17.3 Å². The van der Waals surface area contributed by atoms with Gasteiger partial charge in [-0.25, -0.2) is 0 Å². The van der Waals surface area contributed by atoms with E-state index in [1.54, 1.807) is 24.4 Å². The number of ether oxygens (including phenoxy) is 1. The zero-order valence-electron chi connectivity index (χ0n) is 8.95. The second kappa shape index (κ2) is 4.10. The summed E-state index contributed by atoms with van der Waals surface area (Å²) >= 11 is 5.85. The van der Waals surface area contributed by atoms with E-state index in [2.05, 4.69) is 4.98 Å². The fraction of sp³-hybridized carbons (Fsp3) is 0.167. The van der Waals surface area contributed by atoms with Crippen LogP contribution >= 0.6 is 11.6 Å². The number of aromatic nitrogens is 1. The summed E-state index contributed by atoms with van der Waals surface area (Å²) in [5.41, 5.74) is 1.30. The Kier molecular flexibility index (Phi) is 2.79. The van der Waals surface area contributed by atoms with Crippen LogP contribution in [0.4, 0.5) is 0 Å². The quantitative estimate of drug-likeness (QED) is 0.751. The fourth-order valence-corrected chi connectivity index (χ4v) is 1.74. The summed E-state index contributed by atoms with van der Waals surface area (Å²) < 4.78 is 5.15. The van der Waals surface area contributed by atoms with Gasteiger partial charge in [0.2, 0.25) is 0 Å². The topological polar surface area (TPSA) is 39.2 Å². The third kappa shape index (κ3) is 1.86. The largest absolute Gasteiger partial charge is 0.496 e. The number of hydrogen-bond acceptors (Lipinski definition) is 3. The molecule has 0 N–H and O–H groups in total. The Balaban J connectivity index is 2.75. The maximum atomic E-state index is 11.4. The Morgan fingerprint density at radius 3 is 2.75 bits per heavy atom. The number of pyridine rings is 1. The Labute approximate surface area is 98.0 Å². The van der Waals surface area contributed by atoms with Crippen molar-refractivity contribution < 1.29 is 9.53 Å². The maximum Gasteiger partial charge on any atom is 0.163 e. The molecule has 0 saturated carbocycles. The zero-order valence-corrected chi connectivity index (χ0v) is 9.71. The van der Waals surface area contributed by atoms with Crippen LogP contribution < -0.4 is 4.74 Å². The molecule has 0 unspecified atom stereocenters. The number of methoxy groups -OCH3 is 1. The first kappa shape index (κ1) is 10.9. The molecule has 0 radical (unpaired) electrons. The molecule has 3 nitrogen and oxygen atoms in total. The number of nitrogens with zero attached hydrogens (tertiary/aromatic N) is 1. The minimum absolute atomic E-state index is 0.0428. The lowest BCUT2D eigenvalue weighted by atomic mass is 10.1. The van der Waals surface area contributed by atoms with E-state index in [0.717, 1.165) is 10.9 Å². The van der Waals surface area contributed by atoms with Gasteiger partial charge >= 0.3 is 0 Å². The Morgan fingerprint density at radius 2 is 2.12 bits per heavy atom. The lowest BCUT2D eigenvalue weighted by Crippen LogP contribution is -1.98. The molecule has 4 heteroatoms. The minimum atomic E-state index is -0.0428. The highest BCUT2D eigenvalue weighted by atomic mass is 35.5. The van der Waals surface area contributed by atoms with Crippen molar-refractivity contribution in [3.8, 4) is 5.75 Å². The van der Waals surface area contributed by atoms with Crippen LogP contribution in [0.25, 0.3) is 10.9 Å². The minimum Gasteiger partial charge on any atom is -0.496 e. The van der Waals surface area contributed by atoms with Crippen molar-refractivity contribution in [2.24, 2.45) is 0 Å². The standard InChI is InChI=1S/C12H10ClNO2/c1-7(15)10-4-8-3-9(13)6-14-11(8)5-12(10)16-2/h3-6H,1-2H3. The number of carbonyl (C=O) groups excluding carboxylic acids is 1. The molecule has 0 aliphatic heterocycles. The summed E-state index contributed by atoms with van der Waals surface area (Å²) in [5, 5.41) is 1.38. The van der Waals surface area contributed by atoms with Gasteiger partial charge < -0.3 is 4.74 Å². The van der Waals surface area contributed by atoms with Crippen molar-refractivity contribution in [1.29, 1.82) is 0 Å². The van der Waals surface area contributed by atoms with E-state index in [-0.39, 0.29) is 5.78 Å². The van der Waals surface area contributed by atoms with Gasteiger partial charge in [-0.2, -0.15) is 0 Å². The average Bonchev–Trinajstić information content (AvgIpc) is 2.27. The highest BCUT2D eigenvalue weighted by molar-refractivity contribution is 6.31. The highest BCUT2D eigenvalue weighted by Crippen LogP contribution is 2.26. The summed E-state index contributed by atoms with van der Waals surface area (Å²) in [6.45, 7) is 1.50. The molecule has 2 rings (SSSR count). The SMILES string of the molecule is COc1cc2ncc(Cl)cc2cc1C(C)=O. The summed E-state index contributed by atoms with van der Waals surface area (Å²) in [6, 6.07) is 5.26. The molecule has 1 aromatic heterocycles. The first-order chi connectivity index (χ1) is 7.61. The predicted molar refractivity (Wildman–Crippen MR) is 63.3 cm³/mol. The van der Waals surface area contributed by atoms with Crippen molar-refractivity contribution in [3.05, 3.63) is 35.0 Å². The summed E-state index contributed by atoms with van der Waals surface area (Å²) in [4.78, 5) is 15.6. The van der Waals surface area contributed by atoms with Crippen LogP contribution in [0.5, 0.6) is 5.75 Å². The molecular weight excluding hydrogens is 226 g/mol. The number of benzene rings is 1. The van der Waals surface area contributed by atoms with Gasteiger partial charge in [0.05, 0.1) is 23.2 Å². The summed E-state index contributed by atoms with van der Waals surface area (Å²) in [5.74, 6) is 0.494. The van der Waals surface area contributed by atoms with E-state index in [9.17, 15) is 4.79 Å². The van der Waals surface area contributed by atoms with E-state index in [4.69, 9.17) is 16.3 Å². The molecule has 0 saturated heterocycles. The first-order valence-electron chi connectivity index (χ1n) is 4.76. The molecule has 0 amide bonds. The number of ketones is 1. The zero-order chi connectivity index (χ0) is 11.7. The van der Waals surface area contributed by atoms with Crippen LogP contribution in [0.15, 0.2) is 24.4 Å². The first-order valence-corrected chi connectivity index (χ1v) is 5.14. The van der Waals surface area contributed by atoms with Gasteiger partial charge in [0, 0.05) is 17.6 Å². The number of Topliss-reactive ketones (excluding diaryl/α,β-unsaturated/α-hetero) is 1. The average molecular weight is 236 g/mol. The summed E-state index contributed by atoms with van der Waals surface area (Å²) in [7, 11) is 1.53. The van der Waals surface area contributed by atoms with Gasteiger partial charge in [-0.1, -0.05) is 11.6 Å². The van der Waals surface area contributed by atoms with E-state index in [1.165, 1.54) is 14.0 Å². The molecule has 0 bridgehead atoms. The van der Waals surface area contributed by atoms with Crippen LogP contribution in [0.2, 0.25) is 5.02 Å². The van der Waals surface area contributed by atoms with Crippen LogP contribution in [-0.2, 0) is 0 Å². The van der Waals surface area contributed by atoms with Crippen molar-refractivity contribution in [2.45, 2.75) is 6.92 Å². The monoisotopic (exact) mass is 235 g/mol. The number of hydrogen-bond donors (Lipinski definition) is 0. The van der Waals surface area contributed by atoms with Gasteiger partial charge in [-0.15, -0.1) is 0 Å². The number of fused-ring (bicyclic) bond motifs is 1. The molecule has 2 aromatic rings. The lowest BCUT2D eigenvalue weighted by molar-refractivity contribution is 0.101. The number of rotatable bonds is 2. The number of carbonyl (C=O) groups is 1. The third-order valence-electron chi connectivity index (χ3n) is 2.35. The molecule has 0 atom stereocenters. The highest BCUT2D eigenvalue weighted by Gasteiger charge is 2.10. The van der Waals surface area contributed by atoms with Gasteiger partial charge in [0.25, 0.3) is 0 Å². The molecule has 82 valence electrons. The van der Waals surface area contributed by atoms with Gasteiger partial charge in [0.1, 0.15) is 5.75 Å². The van der Waals surface area contributed by atoms with E-state index >= 15 is 0 Å². The molecule has 16 heavy (non-hydrogen) atoms. The molecule has 0 spiro atoms. The maximum absolute atomic E-state index is 11.4. The predicted octanol–water partition coefficient (Wildman–Crippen LogP) is 3.10. The third-order valence-corrected chi connectivity index (χ3v) is 2.56. The Morgan fingerprint density at radius 1 is 1.38 bits per heavy atom. The van der Waals surface area contributed by atoms with Gasteiger partial charge in [-0.05, 0) is 19.1 Å². The molecule has 1 aromatic carbocycles. The lowest BCUT2D eigenvalue weighted by Gasteiger charge is -2.07. The van der Waals surface area contributed by atoms with Crippen molar-refractivity contribution in [1.82, 2.24) is 4.98 Å². The molecule has 0 aliphatic rings. The van der Waals surface area contributed by atoms with Crippen molar-refractivity contribution in [2.75, 3.05) is 7.11 Å². The van der Waals surface area contributed by atoms with Crippen LogP contribution in [-0.4, -0.2) is 17.9 Å². The van der Waals surface area contributed by atoms with Crippen LogP contribution in [0.3, 0.4) is 0 Å². The molecule has 0 aliphatic carbocycles. The van der Waals surface area contributed by atoms with Crippen molar-refractivity contribution in [3.63, 3.8) is 0 Å². The molecule has 1 heterocycles. The molecule has 0 fully saturated rings. The summed E-state index contributed by atoms with van der Waals surface area (Å²) in [6.07, 6.45) is 1.57.